The van der Waals surface area contributed by atoms with Gasteiger partial charge in [-0.3, -0.25) is 0 Å². The topological polar surface area (TPSA) is 63.7 Å². The maximum absolute atomic E-state index is 14.1. The summed E-state index contributed by atoms with van der Waals surface area (Å²) in [6.07, 6.45) is -8.38. The number of halogens is 17. The van der Waals surface area contributed by atoms with E-state index in [9.17, 15) is 87.8 Å². The second kappa shape index (κ2) is 9.84. The van der Waals surface area contributed by atoms with Gasteiger partial charge in [-0.05, 0) is 17.8 Å². The Labute approximate surface area is 200 Å². The molecule has 0 heterocycles. The van der Waals surface area contributed by atoms with Gasteiger partial charge in [-0.15, -0.1) is 0 Å². The molecule has 0 aromatic carbocycles. The summed E-state index contributed by atoms with van der Waals surface area (Å²) >= 11 is 0. The number of sulfonamides is 1. The molecule has 0 bridgehead atoms. The number of alkyl halides is 17. The Balaban J connectivity index is 7.01. The molecule has 5 nitrogen and oxygen atoms in total. The molecule has 0 atom stereocenters. The Morgan fingerprint density at radius 1 is 0.658 bits per heavy atom. The number of hydrogen-bond acceptors (Lipinski definition) is 4. The first kappa shape index (κ1) is 35.9. The molecule has 0 saturated heterocycles. The van der Waals surface area contributed by atoms with Crippen LogP contribution in [-0.2, 0) is 19.7 Å². The molecule has 0 N–H and O–H groups in total. The fourth-order valence-electron chi connectivity index (χ4n) is 2.02. The summed E-state index contributed by atoms with van der Waals surface area (Å²) in [4.78, 5) is 15.1. The van der Waals surface area contributed by atoms with Crippen LogP contribution in [0.1, 0.15) is 20.3 Å². The minimum atomic E-state index is -8.95. The molecular weight excluding hydrogens is 613 g/mol. The van der Waals surface area contributed by atoms with Gasteiger partial charge >= 0.3 is 63.0 Å². The molecule has 0 rings (SSSR count). The van der Waals surface area contributed by atoms with Crippen molar-refractivity contribution in [1.29, 1.82) is 0 Å². The average Bonchev–Trinajstić information content (AvgIpc) is 2.74. The number of hydroxylamine groups is 1. The normalized spacial score (nSPS) is 15.6. The second-order valence-electron chi connectivity index (χ2n) is 6.92. The van der Waals surface area contributed by atoms with Crippen LogP contribution in [0.3, 0.4) is 0 Å². The molecule has 226 valence electrons. The molecule has 0 amide bonds. The van der Waals surface area contributed by atoms with Crippen LogP contribution in [0, 0.1) is 0 Å². The highest BCUT2D eigenvalue weighted by Gasteiger charge is 2.96. The van der Waals surface area contributed by atoms with E-state index >= 15 is 0 Å². The molecule has 23 heteroatoms. The molecule has 0 aromatic rings. The van der Waals surface area contributed by atoms with Gasteiger partial charge in [0.25, 0.3) is 0 Å². The predicted octanol–water partition coefficient (Wildman–Crippen LogP) is 6.03. The number of nitrogens with zero attached hydrogens (tertiary/aromatic N) is 1. The summed E-state index contributed by atoms with van der Waals surface area (Å²) in [6.45, 7) is 2.58. The largest absolute Gasteiger partial charge is 0.460 e. The lowest BCUT2D eigenvalue weighted by Gasteiger charge is -2.42. The Bertz CT molecular complexity index is 1020. The van der Waals surface area contributed by atoms with Crippen molar-refractivity contribution in [2.45, 2.75) is 67.2 Å². The molecule has 38 heavy (non-hydrogen) atoms. The van der Waals surface area contributed by atoms with E-state index in [4.69, 9.17) is 0 Å². The van der Waals surface area contributed by atoms with Crippen LogP contribution in [0.4, 0.5) is 74.6 Å². The van der Waals surface area contributed by atoms with Crippen molar-refractivity contribution >= 4 is 16.0 Å². The van der Waals surface area contributed by atoms with Crippen molar-refractivity contribution in [3.05, 3.63) is 12.2 Å². The molecule has 0 radical (unpaired) electrons. The maximum Gasteiger partial charge on any atom is 0.460 e. The third-order valence-electron chi connectivity index (χ3n) is 4.44. The Morgan fingerprint density at radius 3 is 1.26 bits per heavy atom. The van der Waals surface area contributed by atoms with E-state index in [-0.39, 0.29) is 0 Å². The summed E-state index contributed by atoms with van der Waals surface area (Å²) in [6, 6.07) is 0. The number of hydrogen-bond donors (Lipinski definition) is 0. The van der Waals surface area contributed by atoms with Crippen LogP contribution in [0.25, 0.3) is 0 Å². The molecule has 0 aliphatic carbocycles. The van der Waals surface area contributed by atoms with Gasteiger partial charge in [-0.2, -0.15) is 74.6 Å². The Morgan fingerprint density at radius 2 is 0.974 bits per heavy atom. The van der Waals surface area contributed by atoms with E-state index in [1.807, 2.05) is 0 Å². The number of carbonyl (C=O) groups is 1. The lowest BCUT2D eigenvalue weighted by molar-refractivity contribution is -0.458. The highest BCUT2D eigenvalue weighted by molar-refractivity contribution is 7.90. The van der Waals surface area contributed by atoms with Crippen molar-refractivity contribution in [3.8, 4) is 0 Å². The first-order valence-electron chi connectivity index (χ1n) is 8.96. The third-order valence-corrected chi connectivity index (χ3v) is 6.22. The highest BCUT2D eigenvalue weighted by atomic mass is 32.2. The summed E-state index contributed by atoms with van der Waals surface area (Å²) in [7, 11) is -7.73. The summed E-state index contributed by atoms with van der Waals surface area (Å²) in [5, 5.41) is -7.82. The van der Waals surface area contributed by atoms with Crippen LogP contribution < -0.4 is 0 Å². The fourth-order valence-corrected chi connectivity index (χ4v) is 3.24. The minimum Gasteiger partial charge on any atom is -0.349 e. The summed E-state index contributed by atoms with van der Waals surface area (Å²) in [5.74, 6) is -54.3. The zero-order valence-corrected chi connectivity index (χ0v) is 18.9. The summed E-state index contributed by atoms with van der Waals surface area (Å²) < 4.78 is 248. The van der Waals surface area contributed by atoms with Crippen molar-refractivity contribution < 1.29 is 92.7 Å². The molecule has 0 aromatic heterocycles. The highest BCUT2D eigenvalue weighted by Crippen LogP contribution is 2.64. The molecule has 0 aliphatic heterocycles. The van der Waals surface area contributed by atoms with E-state index in [0.717, 1.165) is 6.92 Å². The van der Waals surface area contributed by atoms with Gasteiger partial charge < -0.3 is 4.84 Å². The Kier molecular flexibility index (Phi) is 9.30. The average molecular weight is 625 g/mol. The van der Waals surface area contributed by atoms with E-state index in [1.165, 1.54) is 0 Å². The maximum atomic E-state index is 14.1. The molecule has 0 spiro atoms. The molecule has 0 fully saturated rings. The fraction of sp³-hybridized carbons (Fsp3) is 0.800. The zero-order valence-electron chi connectivity index (χ0n) is 18.0. The van der Waals surface area contributed by atoms with Gasteiger partial charge in [0.05, 0.1) is 0 Å². The molecule has 0 saturated carbocycles. The third kappa shape index (κ3) is 4.76. The van der Waals surface area contributed by atoms with E-state index in [1.54, 1.807) is 0 Å². The monoisotopic (exact) mass is 625 g/mol. The van der Waals surface area contributed by atoms with Gasteiger partial charge in [0.15, 0.2) is 0 Å². The lowest BCUT2D eigenvalue weighted by atomic mass is 9.91. The quantitative estimate of drug-likeness (QED) is 0.151. The smallest absolute Gasteiger partial charge is 0.349 e. The second-order valence-corrected chi connectivity index (χ2v) is 8.79. The minimum absolute atomic E-state index is 0.356. The van der Waals surface area contributed by atoms with Crippen LogP contribution in [0.2, 0.25) is 0 Å². The summed E-state index contributed by atoms with van der Waals surface area (Å²) in [5.41, 5.74) is -0.807. The van der Waals surface area contributed by atoms with E-state index in [0.29, 0.717) is 6.92 Å². The number of rotatable bonds is 12. The van der Waals surface area contributed by atoms with E-state index < -0.39 is 86.0 Å². The van der Waals surface area contributed by atoms with Crippen LogP contribution in [-0.4, -0.2) is 72.4 Å². The van der Waals surface area contributed by atoms with Gasteiger partial charge in [0.2, 0.25) is 0 Å². The van der Waals surface area contributed by atoms with Crippen molar-refractivity contribution in [1.82, 2.24) is 4.47 Å². The van der Waals surface area contributed by atoms with Gasteiger partial charge in [0, 0.05) is 12.1 Å². The first-order chi connectivity index (χ1) is 16.3. The molecule has 0 unspecified atom stereocenters. The zero-order chi connectivity index (χ0) is 31.4. The lowest BCUT2D eigenvalue weighted by Crippen LogP contribution is -2.75. The first-order valence-corrected chi connectivity index (χ1v) is 10.4. The van der Waals surface area contributed by atoms with Crippen molar-refractivity contribution in [2.24, 2.45) is 0 Å². The molecular formula is C15H12F17NO4S. The van der Waals surface area contributed by atoms with E-state index in [2.05, 4.69) is 11.4 Å². The van der Waals surface area contributed by atoms with Crippen molar-refractivity contribution in [3.63, 3.8) is 0 Å². The Hall–Kier alpha value is -2.07. The SMILES string of the molecule is C=C(CC)C(=O)ON(CC)S(=O)(=O)C(F)(F)C(F)(F)C(F)(F)C(F)(F)C(F)(F)C(F)(F)C(F)(F)C(F)(F)F. The molecule has 0 aliphatic rings. The van der Waals surface area contributed by atoms with Gasteiger partial charge in [-0.25, -0.2) is 13.2 Å². The van der Waals surface area contributed by atoms with Gasteiger partial charge in [-0.1, -0.05) is 13.5 Å². The standard InChI is InChI=1S/C15H12F17NO4S/c1-4-6(3)7(34)37-33(5-2)38(35,36)15(31,32)13(26,27)11(22,23)9(18,19)8(16,17)10(20,21)12(24,25)14(28,29)30/h3-5H2,1-2H3. The van der Waals surface area contributed by atoms with Crippen LogP contribution >= 0.6 is 0 Å². The van der Waals surface area contributed by atoms with Gasteiger partial charge in [0.1, 0.15) is 0 Å². The van der Waals surface area contributed by atoms with Crippen molar-refractivity contribution in [2.75, 3.05) is 6.54 Å². The predicted molar refractivity (Wildman–Crippen MR) is 87.5 cm³/mol. The number of carbonyl (C=O) groups excluding carboxylic acids is 1. The van der Waals surface area contributed by atoms with Crippen LogP contribution in [0.15, 0.2) is 12.2 Å². The van der Waals surface area contributed by atoms with Crippen LogP contribution in [0.5, 0.6) is 0 Å².